The van der Waals surface area contributed by atoms with Crippen LogP contribution in [-0.2, 0) is 20.7 Å². The van der Waals surface area contributed by atoms with E-state index in [0.717, 1.165) is 24.8 Å². The highest BCUT2D eigenvalue weighted by Gasteiger charge is 2.37. The lowest BCUT2D eigenvalue weighted by Gasteiger charge is -2.34. The van der Waals surface area contributed by atoms with Gasteiger partial charge in [0.05, 0.1) is 7.11 Å². The van der Waals surface area contributed by atoms with Crippen LogP contribution in [0, 0.1) is 5.92 Å². The van der Waals surface area contributed by atoms with Crippen molar-refractivity contribution in [2.45, 2.75) is 44.6 Å². The predicted molar refractivity (Wildman–Crippen MR) is 81.1 cm³/mol. The molecule has 0 saturated heterocycles. The van der Waals surface area contributed by atoms with Crippen LogP contribution in [0.2, 0.25) is 0 Å². The smallest absolute Gasteiger partial charge is 0.333 e. The zero-order chi connectivity index (χ0) is 14.8. The molecule has 1 unspecified atom stereocenters. The number of esters is 1. The largest absolute Gasteiger partial charge is 0.467 e. The molecular formula is C16H21NO3S. The molecule has 0 aromatic carbocycles. The van der Waals surface area contributed by atoms with E-state index < -0.39 is 6.04 Å². The summed E-state index contributed by atoms with van der Waals surface area (Å²) in [6.45, 7) is 0.624. The maximum absolute atomic E-state index is 12.6. The van der Waals surface area contributed by atoms with Gasteiger partial charge in [0.2, 0.25) is 5.91 Å². The van der Waals surface area contributed by atoms with Gasteiger partial charge in [-0.1, -0.05) is 12.8 Å². The summed E-state index contributed by atoms with van der Waals surface area (Å²) in [5.41, 5.74) is 0.956. The Balaban J connectivity index is 1.79. The highest BCUT2D eigenvalue weighted by molar-refractivity contribution is 7.10. The molecule has 1 fully saturated rings. The number of hydrogen-bond donors (Lipinski definition) is 0. The monoisotopic (exact) mass is 307 g/mol. The Morgan fingerprint density at radius 1 is 1.38 bits per heavy atom. The Hall–Kier alpha value is -1.36. The van der Waals surface area contributed by atoms with E-state index in [-0.39, 0.29) is 11.9 Å². The van der Waals surface area contributed by atoms with Gasteiger partial charge in [0.25, 0.3) is 0 Å². The molecule has 4 nitrogen and oxygen atoms in total. The second kappa shape index (κ2) is 6.18. The van der Waals surface area contributed by atoms with E-state index in [9.17, 15) is 9.59 Å². The molecule has 2 heterocycles. The van der Waals surface area contributed by atoms with Gasteiger partial charge in [0.1, 0.15) is 0 Å². The fourth-order valence-electron chi connectivity index (χ4n) is 3.53. The number of amides is 1. The second-order valence-corrected chi connectivity index (χ2v) is 6.92. The summed E-state index contributed by atoms with van der Waals surface area (Å²) in [7, 11) is 1.39. The number of carbonyl (C=O) groups is 2. The standard InChI is InChI=1S/C16H21NO3S/c1-20-16(19)15-12-7-9-21-13(12)6-8-17(15)14(18)10-11-4-2-3-5-11/h7,9,11,15H,2-6,8,10H2,1H3. The Kier molecular flexibility index (Phi) is 4.29. The van der Waals surface area contributed by atoms with Crippen LogP contribution >= 0.6 is 11.3 Å². The lowest BCUT2D eigenvalue weighted by molar-refractivity contribution is -0.154. The molecule has 0 radical (unpaired) electrons. The van der Waals surface area contributed by atoms with Crippen molar-refractivity contribution in [2.24, 2.45) is 5.92 Å². The van der Waals surface area contributed by atoms with Crippen LogP contribution in [-0.4, -0.2) is 30.4 Å². The van der Waals surface area contributed by atoms with Crippen molar-refractivity contribution < 1.29 is 14.3 Å². The van der Waals surface area contributed by atoms with E-state index in [2.05, 4.69) is 0 Å². The molecule has 1 amide bonds. The van der Waals surface area contributed by atoms with Gasteiger partial charge in [-0.2, -0.15) is 0 Å². The first-order valence-corrected chi connectivity index (χ1v) is 8.52. The zero-order valence-electron chi connectivity index (χ0n) is 12.3. The number of carbonyl (C=O) groups excluding carboxylic acids is 2. The van der Waals surface area contributed by atoms with Crippen LogP contribution in [0.25, 0.3) is 0 Å². The number of hydrogen-bond acceptors (Lipinski definition) is 4. The van der Waals surface area contributed by atoms with Crippen LogP contribution in [0.3, 0.4) is 0 Å². The lowest BCUT2D eigenvalue weighted by atomic mass is 9.97. The average molecular weight is 307 g/mol. The van der Waals surface area contributed by atoms with Crippen molar-refractivity contribution in [1.82, 2.24) is 4.90 Å². The molecule has 21 heavy (non-hydrogen) atoms. The fourth-order valence-corrected chi connectivity index (χ4v) is 4.43. The van der Waals surface area contributed by atoms with Crippen LogP contribution in [0.4, 0.5) is 0 Å². The maximum atomic E-state index is 12.6. The first-order chi connectivity index (χ1) is 10.2. The van der Waals surface area contributed by atoms with E-state index in [1.54, 1.807) is 16.2 Å². The van der Waals surface area contributed by atoms with Gasteiger partial charge in [-0.25, -0.2) is 4.79 Å². The van der Waals surface area contributed by atoms with Gasteiger partial charge in [0, 0.05) is 17.8 Å². The molecule has 1 aliphatic heterocycles. The van der Waals surface area contributed by atoms with Gasteiger partial charge in [-0.3, -0.25) is 4.79 Å². The van der Waals surface area contributed by atoms with Crippen molar-refractivity contribution in [3.63, 3.8) is 0 Å². The molecule has 1 atom stereocenters. The minimum absolute atomic E-state index is 0.106. The summed E-state index contributed by atoms with van der Waals surface area (Å²) in [5, 5.41) is 1.99. The quantitative estimate of drug-likeness (QED) is 0.807. The number of thiophene rings is 1. The van der Waals surface area contributed by atoms with Crippen LogP contribution in [0.5, 0.6) is 0 Å². The molecule has 1 aromatic rings. The Bertz CT molecular complexity index is 533. The lowest BCUT2D eigenvalue weighted by Crippen LogP contribution is -2.43. The summed E-state index contributed by atoms with van der Waals surface area (Å²) in [5.74, 6) is 0.281. The third-order valence-corrected chi connectivity index (χ3v) is 5.65. The Morgan fingerprint density at radius 3 is 2.86 bits per heavy atom. The predicted octanol–water partition coefficient (Wildman–Crippen LogP) is 2.93. The third kappa shape index (κ3) is 2.84. The summed E-state index contributed by atoms with van der Waals surface area (Å²) < 4.78 is 4.94. The normalized spacial score (nSPS) is 22.1. The van der Waals surface area contributed by atoms with Crippen molar-refractivity contribution in [1.29, 1.82) is 0 Å². The fraction of sp³-hybridized carbons (Fsp3) is 0.625. The summed E-state index contributed by atoms with van der Waals surface area (Å²) in [4.78, 5) is 27.7. The number of methoxy groups -OCH3 is 1. The molecule has 1 saturated carbocycles. The van der Waals surface area contributed by atoms with E-state index in [1.165, 1.54) is 24.8 Å². The van der Waals surface area contributed by atoms with Gasteiger partial charge in [-0.15, -0.1) is 11.3 Å². The maximum Gasteiger partial charge on any atom is 0.333 e. The molecule has 0 bridgehead atoms. The van der Waals surface area contributed by atoms with Crippen molar-refractivity contribution in [3.8, 4) is 0 Å². The first-order valence-electron chi connectivity index (χ1n) is 7.64. The Labute approximate surface area is 129 Å². The van der Waals surface area contributed by atoms with Crippen molar-refractivity contribution in [3.05, 3.63) is 21.9 Å². The average Bonchev–Trinajstić information content (AvgIpc) is 3.15. The SMILES string of the molecule is COC(=O)C1c2ccsc2CCN1C(=O)CC1CCCC1. The van der Waals surface area contributed by atoms with Crippen LogP contribution in [0.1, 0.15) is 48.6 Å². The molecule has 114 valence electrons. The van der Waals surface area contributed by atoms with Crippen LogP contribution < -0.4 is 0 Å². The molecule has 1 aliphatic carbocycles. The van der Waals surface area contributed by atoms with Gasteiger partial charge >= 0.3 is 5.97 Å². The zero-order valence-corrected chi connectivity index (χ0v) is 13.2. The molecule has 1 aromatic heterocycles. The number of rotatable bonds is 3. The highest BCUT2D eigenvalue weighted by atomic mass is 32.1. The second-order valence-electron chi connectivity index (χ2n) is 5.92. The van der Waals surface area contributed by atoms with Crippen LogP contribution in [0.15, 0.2) is 11.4 Å². The number of nitrogens with zero attached hydrogens (tertiary/aromatic N) is 1. The van der Waals surface area contributed by atoms with E-state index >= 15 is 0 Å². The molecule has 0 N–H and O–H groups in total. The topological polar surface area (TPSA) is 46.6 Å². The van der Waals surface area contributed by atoms with E-state index in [0.29, 0.717) is 18.9 Å². The highest BCUT2D eigenvalue weighted by Crippen LogP contribution is 2.36. The van der Waals surface area contributed by atoms with Gasteiger partial charge in [0.15, 0.2) is 6.04 Å². The first kappa shape index (κ1) is 14.6. The van der Waals surface area contributed by atoms with E-state index in [4.69, 9.17) is 4.74 Å². The molecule has 5 heteroatoms. The summed E-state index contributed by atoms with van der Waals surface area (Å²) >= 11 is 1.66. The molecule has 2 aliphatic rings. The molecule has 3 rings (SSSR count). The molecular weight excluding hydrogens is 286 g/mol. The van der Waals surface area contributed by atoms with Crippen molar-refractivity contribution in [2.75, 3.05) is 13.7 Å². The molecule has 0 spiro atoms. The summed E-state index contributed by atoms with van der Waals surface area (Å²) in [6.07, 6.45) is 6.17. The number of ether oxygens (including phenoxy) is 1. The van der Waals surface area contributed by atoms with E-state index in [1.807, 2.05) is 11.4 Å². The minimum Gasteiger partial charge on any atom is -0.467 e. The minimum atomic E-state index is -0.543. The number of fused-ring (bicyclic) bond motifs is 1. The summed E-state index contributed by atoms with van der Waals surface area (Å²) in [6, 6.07) is 1.41. The van der Waals surface area contributed by atoms with Crippen molar-refractivity contribution >= 4 is 23.2 Å². The third-order valence-electron chi connectivity index (χ3n) is 4.65. The van der Waals surface area contributed by atoms with Gasteiger partial charge in [-0.05, 0) is 42.2 Å². The van der Waals surface area contributed by atoms with Gasteiger partial charge < -0.3 is 9.64 Å². The Morgan fingerprint density at radius 2 is 2.14 bits per heavy atom.